The fourth-order valence-corrected chi connectivity index (χ4v) is 3.50. The van der Waals surface area contributed by atoms with Gasteiger partial charge in [0.1, 0.15) is 0 Å². The third-order valence-electron chi connectivity index (χ3n) is 5.17. The quantitative estimate of drug-likeness (QED) is 0.867. The normalized spacial score (nSPS) is 18.3. The first-order chi connectivity index (χ1) is 13.5. The second-order valence-electron chi connectivity index (χ2n) is 7.27. The Hall–Kier alpha value is -2.71. The van der Waals surface area contributed by atoms with Crippen molar-refractivity contribution >= 4 is 23.1 Å². The Morgan fingerprint density at radius 3 is 2.29 bits per heavy atom. The molecule has 2 aromatic rings. The van der Waals surface area contributed by atoms with E-state index < -0.39 is 5.79 Å². The van der Waals surface area contributed by atoms with Crippen molar-refractivity contribution in [3.8, 4) is 0 Å². The molecule has 2 aliphatic rings. The number of ether oxygens (including phenoxy) is 2. The van der Waals surface area contributed by atoms with Crippen molar-refractivity contribution in [1.29, 1.82) is 0 Å². The van der Waals surface area contributed by atoms with Crippen LogP contribution in [0.15, 0.2) is 36.4 Å². The molecule has 1 aromatic carbocycles. The zero-order valence-electron chi connectivity index (χ0n) is 16.2. The number of hydrogen-bond donors (Lipinski definition) is 1. The highest BCUT2D eigenvalue weighted by atomic mass is 16.7. The highest BCUT2D eigenvalue weighted by Crippen LogP contribution is 2.31. The van der Waals surface area contributed by atoms with E-state index in [0.29, 0.717) is 50.7 Å². The number of amides is 1. The first-order valence-corrected chi connectivity index (χ1v) is 9.50. The molecule has 1 aromatic heterocycles. The maximum atomic E-state index is 12.7. The molecule has 0 unspecified atom stereocenters. The van der Waals surface area contributed by atoms with E-state index in [4.69, 9.17) is 9.47 Å². The number of nitrogens with one attached hydrogen (secondary N) is 1. The van der Waals surface area contributed by atoms with Crippen molar-refractivity contribution in [1.82, 2.24) is 15.1 Å². The predicted molar refractivity (Wildman–Crippen MR) is 106 cm³/mol. The maximum absolute atomic E-state index is 12.7. The van der Waals surface area contributed by atoms with Gasteiger partial charge in [-0.05, 0) is 36.4 Å². The third kappa shape index (κ3) is 3.93. The lowest BCUT2D eigenvalue weighted by atomic mass is 10.0. The smallest absolute Gasteiger partial charge is 0.274 e. The van der Waals surface area contributed by atoms with Crippen molar-refractivity contribution in [2.45, 2.75) is 18.6 Å². The Balaban J connectivity index is 1.35. The maximum Gasteiger partial charge on any atom is 0.274 e. The number of hydrogen-bond acceptors (Lipinski definition) is 7. The van der Waals surface area contributed by atoms with Gasteiger partial charge in [-0.15, -0.1) is 10.2 Å². The average molecular weight is 383 g/mol. The van der Waals surface area contributed by atoms with E-state index in [2.05, 4.69) is 15.5 Å². The monoisotopic (exact) mass is 383 g/mol. The molecule has 0 atom stereocenters. The van der Waals surface area contributed by atoms with Crippen molar-refractivity contribution in [3.63, 3.8) is 0 Å². The Labute approximate surface area is 164 Å². The van der Waals surface area contributed by atoms with Gasteiger partial charge in [0.25, 0.3) is 5.91 Å². The zero-order chi connectivity index (χ0) is 19.6. The minimum absolute atomic E-state index is 0.109. The van der Waals surface area contributed by atoms with E-state index in [1.807, 2.05) is 43.3 Å². The van der Waals surface area contributed by atoms with E-state index in [0.717, 1.165) is 11.4 Å². The van der Waals surface area contributed by atoms with Gasteiger partial charge in [0.2, 0.25) is 0 Å². The number of anilines is 3. The van der Waals surface area contributed by atoms with Crippen LogP contribution >= 0.6 is 0 Å². The van der Waals surface area contributed by atoms with E-state index in [-0.39, 0.29) is 5.91 Å². The van der Waals surface area contributed by atoms with Crippen LogP contribution < -0.4 is 10.2 Å². The van der Waals surface area contributed by atoms with Gasteiger partial charge in [0.15, 0.2) is 17.3 Å². The van der Waals surface area contributed by atoms with Gasteiger partial charge < -0.3 is 24.6 Å². The van der Waals surface area contributed by atoms with Crippen LogP contribution in [0.5, 0.6) is 0 Å². The summed E-state index contributed by atoms with van der Waals surface area (Å²) in [5.41, 5.74) is 2.38. The highest BCUT2D eigenvalue weighted by Gasteiger charge is 2.41. The highest BCUT2D eigenvalue weighted by molar-refractivity contribution is 5.92. The lowest BCUT2D eigenvalue weighted by Gasteiger charge is -2.37. The van der Waals surface area contributed by atoms with Crippen LogP contribution in [0.1, 0.15) is 23.3 Å². The Morgan fingerprint density at radius 1 is 1.04 bits per heavy atom. The molecular formula is C20H25N5O3. The number of nitrogens with zero attached hydrogens (tertiary/aromatic N) is 4. The van der Waals surface area contributed by atoms with Crippen molar-refractivity contribution < 1.29 is 14.3 Å². The predicted octanol–water partition coefficient (Wildman–Crippen LogP) is 2.27. The summed E-state index contributed by atoms with van der Waals surface area (Å²) in [4.78, 5) is 16.5. The van der Waals surface area contributed by atoms with Crippen LogP contribution in [-0.2, 0) is 9.47 Å². The molecule has 2 fully saturated rings. The number of aromatic nitrogens is 2. The van der Waals surface area contributed by atoms with Crippen LogP contribution in [-0.4, -0.2) is 67.2 Å². The van der Waals surface area contributed by atoms with Gasteiger partial charge in [-0.2, -0.15) is 0 Å². The Kier molecular flexibility index (Phi) is 5.15. The largest absolute Gasteiger partial charge is 0.378 e. The zero-order valence-corrected chi connectivity index (χ0v) is 16.2. The first-order valence-electron chi connectivity index (χ1n) is 9.50. The summed E-state index contributed by atoms with van der Waals surface area (Å²) in [6.45, 7) is 2.45. The summed E-state index contributed by atoms with van der Waals surface area (Å²) in [6, 6.07) is 11.5. The van der Waals surface area contributed by atoms with Crippen LogP contribution in [0.25, 0.3) is 0 Å². The summed E-state index contributed by atoms with van der Waals surface area (Å²) < 4.78 is 11.4. The molecule has 0 saturated carbocycles. The van der Waals surface area contributed by atoms with Crippen molar-refractivity contribution in [2.24, 2.45) is 0 Å². The third-order valence-corrected chi connectivity index (χ3v) is 5.17. The van der Waals surface area contributed by atoms with Gasteiger partial charge >= 0.3 is 0 Å². The molecule has 3 heterocycles. The van der Waals surface area contributed by atoms with Gasteiger partial charge in [0, 0.05) is 51.4 Å². The lowest BCUT2D eigenvalue weighted by molar-refractivity contribution is -0.181. The van der Waals surface area contributed by atoms with Gasteiger partial charge in [-0.1, -0.05) is 0 Å². The topological polar surface area (TPSA) is 79.8 Å². The van der Waals surface area contributed by atoms with E-state index in [9.17, 15) is 4.79 Å². The molecule has 1 spiro atoms. The summed E-state index contributed by atoms with van der Waals surface area (Å²) >= 11 is 0. The first kappa shape index (κ1) is 18.6. The number of benzene rings is 1. The molecule has 148 valence electrons. The summed E-state index contributed by atoms with van der Waals surface area (Å²) in [6.07, 6.45) is 1.38. The molecule has 1 N–H and O–H groups in total. The number of likely N-dealkylation sites (tertiary alicyclic amines) is 1. The Morgan fingerprint density at radius 2 is 1.71 bits per heavy atom. The minimum atomic E-state index is -0.488. The van der Waals surface area contributed by atoms with Crippen molar-refractivity contribution in [3.05, 3.63) is 42.1 Å². The molecule has 0 radical (unpaired) electrons. The summed E-state index contributed by atoms with van der Waals surface area (Å²) in [5, 5.41) is 11.5. The molecule has 8 nitrogen and oxygen atoms in total. The molecule has 4 rings (SSSR count). The molecule has 8 heteroatoms. The fourth-order valence-electron chi connectivity index (χ4n) is 3.50. The van der Waals surface area contributed by atoms with Crippen LogP contribution in [0.3, 0.4) is 0 Å². The second-order valence-corrected chi connectivity index (χ2v) is 7.27. The van der Waals surface area contributed by atoms with Gasteiger partial charge in [0.05, 0.1) is 13.2 Å². The number of rotatable bonds is 4. The lowest BCUT2D eigenvalue weighted by Crippen LogP contribution is -2.47. The minimum Gasteiger partial charge on any atom is -0.378 e. The van der Waals surface area contributed by atoms with Crippen LogP contribution in [0, 0.1) is 0 Å². The average Bonchev–Trinajstić information content (AvgIpc) is 3.17. The Bertz CT molecular complexity index is 807. The fraction of sp³-hybridized carbons (Fsp3) is 0.450. The molecule has 2 saturated heterocycles. The number of carbonyl (C=O) groups excluding carboxylic acids is 1. The van der Waals surface area contributed by atoms with E-state index >= 15 is 0 Å². The molecule has 0 bridgehead atoms. The molecular weight excluding hydrogens is 358 g/mol. The number of piperidine rings is 1. The number of carbonyl (C=O) groups is 1. The molecule has 0 aliphatic carbocycles. The second kappa shape index (κ2) is 7.73. The van der Waals surface area contributed by atoms with Crippen molar-refractivity contribution in [2.75, 3.05) is 50.6 Å². The van der Waals surface area contributed by atoms with E-state index in [1.54, 1.807) is 17.0 Å². The van der Waals surface area contributed by atoms with Crippen LogP contribution in [0.4, 0.5) is 17.2 Å². The summed E-state index contributed by atoms with van der Waals surface area (Å²) in [7, 11) is 4.00. The van der Waals surface area contributed by atoms with E-state index in [1.165, 1.54) is 0 Å². The van der Waals surface area contributed by atoms with Gasteiger partial charge in [-0.25, -0.2) is 0 Å². The standard InChI is InChI=1S/C20H25N5O3/c1-24(2)16-5-3-15(4-6-16)21-18-8-7-17(22-23-18)19(26)25-11-9-20(10-12-25)27-13-14-28-20/h3-8H,9-14H2,1-2H3,(H,21,23). The van der Waals surface area contributed by atoms with Crippen LogP contribution in [0.2, 0.25) is 0 Å². The molecule has 2 aliphatic heterocycles. The molecule has 1 amide bonds. The summed E-state index contributed by atoms with van der Waals surface area (Å²) in [5.74, 6) is -0.00000958. The SMILES string of the molecule is CN(C)c1ccc(Nc2ccc(C(=O)N3CCC4(CC3)OCCO4)nn2)cc1. The van der Waals surface area contributed by atoms with Gasteiger partial charge in [-0.3, -0.25) is 4.79 Å². The molecule has 28 heavy (non-hydrogen) atoms.